The van der Waals surface area contributed by atoms with Crippen molar-refractivity contribution in [3.05, 3.63) is 30.1 Å². The molecule has 2 saturated heterocycles. The fourth-order valence-electron chi connectivity index (χ4n) is 3.29. The summed E-state index contributed by atoms with van der Waals surface area (Å²) in [4.78, 5) is 14.3. The predicted octanol–water partition coefficient (Wildman–Crippen LogP) is 3.01. The Hall–Kier alpha value is -1.62. The lowest BCUT2D eigenvalue weighted by molar-refractivity contribution is -0.135. The molecule has 3 rings (SSSR count). The number of benzene rings is 1. The van der Waals surface area contributed by atoms with Gasteiger partial charge in [0.2, 0.25) is 5.91 Å². The fourth-order valence-corrected chi connectivity index (χ4v) is 3.29. The number of amides is 1. The number of piperidine rings is 1. The Morgan fingerprint density at radius 2 is 2.04 bits per heavy atom. The molecule has 2 heterocycles. The summed E-state index contributed by atoms with van der Waals surface area (Å²) in [6, 6.07) is 6.47. The minimum Gasteiger partial charge on any atom is -0.487 e. The molecule has 0 saturated carbocycles. The lowest BCUT2D eigenvalue weighted by atomic mass is 9.97. The summed E-state index contributed by atoms with van der Waals surface area (Å²) in [6.45, 7) is 2.90. The molecule has 0 aliphatic carbocycles. The van der Waals surface area contributed by atoms with E-state index in [1.165, 1.54) is 6.07 Å². The van der Waals surface area contributed by atoms with Crippen LogP contribution in [0, 0.1) is 11.7 Å². The van der Waals surface area contributed by atoms with Crippen LogP contribution in [0.1, 0.15) is 32.1 Å². The van der Waals surface area contributed by atoms with E-state index in [2.05, 4.69) is 0 Å². The van der Waals surface area contributed by atoms with E-state index >= 15 is 0 Å². The lowest BCUT2D eigenvalue weighted by Crippen LogP contribution is -2.42. The first-order chi connectivity index (χ1) is 11.2. The van der Waals surface area contributed by atoms with Gasteiger partial charge >= 0.3 is 0 Å². The van der Waals surface area contributed by atoms with Crippen molar-refractivity contribution in [3.8, 4) is 5.75 Å². The van der Waals surface area contributed by atoms with Gasteiger partial charge in [-0.15, -0.1) is 0 Å². The summed E-state index contributed by atoms with van der Waals surface area (Å²) in [7, 11) is 0. The minimum atomic E-state index is -0.330. The van der Waals surface area contributed by atoms with Gasteiger partial charge in [-0.3, -0.25) is 4.79 Å². The van der Waals surface area contributed by atoms with Crippen molar-refractivity contribution >= 4 is 5.91 Å². The summed E-state index contributed by atoms with van der Waals surface area (Å²) in [5.41, 5.74) is 0. The number of para-hydroxylation sites is 1. The van der Waals surface area contributed by atoms with Gasteiger partial charge in [0.15, 0.2) is 11.6 Å². The van der Waals surface area contributed by atoms with Crippen molar-refractivity contribution < 1.29 is 18.7 Å². The Labute approximate surface area is 136 Å². The summed E-state index contributed by atoms with van der Waals surface area (Å²) >= 11 is 0. The quantitative estimate of drug-likeness (QED) is 0.856. The molecule has 0 N–H and O–H groups in total. The highest BCUT2D eigenvalue weighted by Gasteiger charge is 2.26. The molecule has 5 heteroatoms. The van der Waals surface area contributed by atoms with Crippen LogP contribution in [-0.4, -0.2) is 43.2 Å². The van der Waals surface area contributed by atoms with Crippen LogP contribution in [-0.2, 0) is 9.53 Å². The van der Waals surface area contributed by atoms with Crippen molar-refractivity contribution in [2.45, 2.75) is 38.2 Å². The molecule has 1 aromatic rings. The Morgan fingerprint density at radius 3 is 2.74 bits per heavy atom. The highest BCUT2D eigenvalue weighted by molar-refractivity contribution is 5.76. The van der Waals surface area contributed by atoms with E-state index in [1.54, 1.807) is 18.2 Å². The molecule has 4 nitrogen and oxygen atoms in total. The first-order valence-corrected chi connectivity index (χ1v) is 8.49. The van der Waals surface area contributed by atoms with Gasteiger partial charge in [-0.2, -0.15) is 0 Å². The zero-order chi connectivity index (χ0) is 16.1. The second-order valence-electron chi connectivity index (χ2n) is 6.42. The number of ether oxygens (including phenoxy) is 2. The molecule has 0 spiro atoms. The fraction of sp³-hybridized carbons (Fsp3) is 0.611. The molecule has 2 fully saturated rings. The Morgan fingerprint density at radius 1 is 1.26 bits per heavy atom. The molecule has 2 aliphatic heterocycles. The molecule has 1 atom stereocenters. The largest absolute Gasteiger partial charge is 0.487 e. The molecular weight excluding hydrogens is 297 g/mol. The van der Waals surface area contributed by atoms with Crippen LogP contribution in [0.5, 0.6) is 5.75 Å². The number of likely N-dealkylation sites (tertiary alicyclic amines) is 1. The van der Waals surface area contributed by atoms with E-state index < -0.39 is 0 Å². The first-order valence-electron chi connectivity index (χ1n) is 8.49. The number of rotatable bonds is 4. The number of carbonyl (C=O) groups is 1. The van der Waals surface area contributed by atoms with Crippen molar-refractivity contribution in [1.29, 1.82) is 0 Å². The van der Waals surface area contributed by atoms with E-state index in [0.717, 1.165) is 32.3 Å². The molecule has 0 aromatic heterocycles. The number of carbonyl (C=O) groups excluding carboxylic acids is 1. The molecular formula is C18H24FNO3. The Bertz CT molecular complexity index is 523. The molecule has 0 radical (unpaired) electrons. The third-order valence-corrected chi connectivity index (χ3v) is 4.64. The average Bonchev–Trinajstić information content (AvgIpc) is 2.58. The van der Waals surface area contributed by atoms with Crippen LogP contribution in [0.3, 0.4) is 0 Å². The average molecular weight is 321 g/mol. The van der Waals surface area contributed by atoms with Crippen molar-refractivity contribution in [3.63, 3.8) is 0 Å². The summed E-state index contributed by atoms with van der Waals surface area (Å²) in [6.07, 6.45) is 4.20. The van der Waals surface area contributed by atoms with Crippen LogP contribution in [0.2, 0.25) is 0 Å². The van der Waals surface area contributed by atoms with Gasteiger partial charge in [0, 0.05) is 45.6 Å². The highest BCUT2D eigenvalue weighted by Crippen LogP contribution is 2.23. The molecule has 1 aromatic carbocycles. The predicted molar refractivity (Wildman–Crippen MR) is 84.8 cm³/mol. The van der Waals surface area contributed by atoms with Gasteiger partial charge in [-0.05, 0) is 30.9 Å². The summed E-state index contributed by atoms with van der Waals surface area (Å²) < 4.78 is 24.8. The van der Waals surface area contributed by atoms with Crippen molar-refractivity contribution in [2.75, 3.05) is 26.3 Å². The van der Waals surface area contributed by atoms with Crippen LogP contribution in [0.4, 0.5) is 4.39 Å². The van der Waals surface area contributed by atoms with Crippen LogP contribution in [0.25, 0.3) is 0 Å². The summed E-state index contributed by atoms with van der Waals surface area (Å²) in [5, 5.41) is 0. The van der Waals surface area contributed by atoms with Gasteiger partial charge in [0.1, 0.15) is 6.10 Å². The van der Waals surface area contributed by atoms with Crippen molar-refractivity contribution in [1.82, 2.24) is 4.90 Å². The zero-order valence-electron chi connectivity index (χ0n) is 13.4. The maximum Gasteiger partial charge on any atom is 0.222 e. The van der Waals surface area contributed by atoms with Crippen LogP contribution >= 0.6 is 0 Å². The third kappa shape index (κ3) is 4.44. The molecule has 1 amide bonds. The second kappa shape index (κ2) is 7.77. The van der Waals surface area contributed by atoms with Crippen molar-refractivity contribution in [2.24, 2.45) is 5.92 Å². The van der Waals surface area contributed by atoms with Crippen LogP contribution in [0.15, 0.2) is 24.3 Å². The molecule has 0 unspecified atom stereocenters. The minimum absolute atomic E-state index is 0.0195. The Balaban J connectivity index is 1.44. The van der Waals surface area contributed by atoms with E-state index in [0.29, 0.717) is 37.8 Å². The van der Waals surface area contributed by atoms with E-state index in [9.17, 15) is 9.18 Å². The topological polar surface area (TPSA) is 38.8 Å². The number of halogens is 1. The van der Waals surface area contributed by atoms with Gasteiger partial charge in [0.05, 0.1) is 0 Å². The monoisotopic (exact) mass is 321 g/mol. The second-order valence-corrected chi connectivity index (χ2v) is 6.42. The molecule has 126 valence electrons. The first kappa shape index (κ1) is 16.2. The van der Waals surface area contributed by atoms with Crippen LogP contribution < -0.4 is 4.74 Å². The molecule has 2 aliphatic rings. The standard InChI is InChI=1S/C18H24FNO3/c19-16-5-1-2-6-17(16)23-15-7-9-20(10-8-15)18(21)12-14-4-3-11-22-13-14/h1-2,5-6,14-15H,3-4,7-13H2/t14-/m1/s1. The molecule has 23 heavy (non-hydrogen) atoms. The van der Waals surface area contributed by atoms with E-state index in [1.807, 2.05) is 4.90 Å². The zero-order valence-corrected chi connectivity index (χ0v) is 13.4. The summed E-state index contributed by atoms with van der Waals surface area (Å²) in [5.74, 6) is 0.549. The maximum absolute atomic E-state index is 13.6. The molecule has 0 bridgehead atoms. The smallest absolute Gasteiger partial charge is 0.222 e. The number of hydrogen-bond donors (Lipinski definition) is 0. The van der Waals surface area contributed by atoms with Gasteiger partial charge in [-0.25, -0.2) is 4.39 Å². The highest BCUT2D eigenvalue weighted by atomic mass is 19.1. The maximum atomic E-state index is 13.6. The van der Waals surface area contributed by atoms with Gasteiger partial charge < -0.3 is 14.4 Å². The van der Waals surface area contributed by atoms with Gasteiger partial charge in [0.25, 0.3) is 0 Å². The number of hydrogen-bond acceptors (Lipinski definition) is 3. The van der Waals surface area contributed by atoms with E-state index in [4.69, 9.17) is 9.47 Å². The lowest BCUT2D eigenvalue weighted by Gasteiger charge is -2.33. The Kier molecular flexibility index (Phi) is 5.49. The van der Waals surface area contributed by atoms with E-state index in [-0.39, 0.29) is 17.8 Å². The SMILES string of the molecule is O=C(C[C@H]1CCCOC1)N1CCC(Oc2ccccc2F)CC1. The third-order valence-electron chi connectivity index (χ3n) is 4.64. The number of nitrogens with zero attached hydrogens (tertiary/aromatic N) is 1. The normalized spacial score (nSPS) is 22.8. The van der Waals surface area contributed by atoms with Gasteiger partial charge in [-0.1, -0.05) is 12.1 Å².